The Labute approximate surface area is 149 Å². The Morgan fingerprint density at radius 1 is 1.31 bits per heavy atom. The van der Waals surface area contributed by atoms with Crippen molar-refractivity contribution in [1.82, 2.24) is 14.5 Å². The largest absolute Gasteiger partial charge is 0.495 e. The number of methoxy groups -OCH3 is 1. The molecule has 1 amide bonds. The summed E-state index contributed by atoms with van der Waals surface area (Å²) in [6.45, 7) is 0. The number of sulfonamides is 1. The Bertz CT molecular complexity index is 1160. The number of carbonyl (C=O) groups excluding carboxylic acids is 1. The Morgan fingerprint density at radius 3 is 2.77 bits per heavy atom. The second-order valence-electron chi connectivity index (χ2n) is 5.45. The van der Waals surface area contributed by atoms with E-state index in [0.29, 0.717) is 10.9 Å². The predicted molar refractivity (Wildman–Crippen MR) is 93.1 cm³/mol. The molecule has 0 aliphatic heterocycles. The lowest BCUT2D eigenvalue weighted by atomic mass is 10.1. The molecule has 1 N–H and O–H groups in total. The van der Waals surface area contributed by atoms with Crippen LogP contribution in [0.15, 0.2) is 47.5 Å². The number of rotatable bonds is 4. The maximum Gasteiger partial charge on any atom is 0.268 e. The van der Waals surface area contributed by atoms with E-state index in [9.17, 15) is 13.2 Å². The van der Waals surface area contributed by atoms with Crippen molar-refractivity contribution in [2.45, 2.75) is 4.90 Å². The zero-order valence-electron chi connectivity index (χ0n) is 13.9. The van der Waals surface area contributed by atoms with E-state index in [1.807, 2.05) is 10.8 Å². The number of ether oxygens (including phenoxy) is 1. The molecule has 0 saturated heterocycles. The highest BCUT2D eigenvalue weighted by atomic mass is 32.2. The molecule has 9 heteroatoms. The lowest BCUT2D eigenvalue weighted by molar-refractivity contribution is 0.0983. The summed E-state index contributed by atoms with van der Waals surface area (Å²) in [4.78, 5) is 12.3. The van der Waals surface area contributed by atoms with E-state index in [0.717, 1.165) is 0 Å². The highest BCUT2D eigenvalue weighted by Gasteiger charge is 2.24. The molecule has 0 atom stereocenters. The first-order valence-corrected chi connectivity index (χ1v) is 8.91. The fraction of sp³-hybridized carbons (Fsp3) is 0.118. The first-order valence-electron chi connectivity index (χ1n) is 7.43. The fourth-order valence-corrected chi connectivity index (χ4v) is 3.67. The normalized spacial score (nSPS) is 11.1. The Kier molecular flexibility index (Phi) is 4.36. The molecule has 1 aromatic heterocycles. The molecule has 0 aliphatic rings. The van der Waals surface area contributed by atoms with Gasteiger partial charge in [-0.15, -0.1) is 0 Å². The van der Waals surface area contributed by atoms with Crippen LogP contribution in [-0.4, -0.2) is 31.2 Å². The van der Waals surface area contributed by atoms with Crippen LogP contribution in [0.1, 0.15) is 15.9 Å². The van der Waals surface area contributed by atoms with Gasteiger partial charge >= 0.3 is 0 Å². The summed E-state index contributed by atoms with van der Waals surface area (Å²) in [6.07, 6.45) is 1.64. The Hall–Kier alpha value is -3.38. The molecule has 3 aromatic rings. The summed E-state index contributed by atoms with van der Waals surface area (Å²) in [5.41, 5.74) is 1.01. The van der Waals surface area contributed by atoms with E-state index < -0.39 is 15.9 Å². The van der Waals surface area contributed by atoms with E-state index in [-0.39, 0.29) is 21.8 Å². The van der Waals surface area contributed by atoms with E-state index in [4.69, 9.17) is 10.00 Å². The van der Waals surface area contributed by atoms with Crippen molar-refractivity contribution < 1.29 is 17.9 Å². The molecule has 0 radical (unpaired) electrons. The minimum atomic E-state index is -4.20. The zero-order chi connectivity index (χ0) is 18.9. The predicted octanol–water partition coefficient (Wildman–Crippen LogP) is 1.57. The molecule has 2 aromatic carbocycles. The summed E-state index contributed by atoms with van der Waals surface area (Å²) in [5.74, 6) is -0.807. The van der Waals surface area contributed by atoms with E-state index in [1.165, 1.54) is 31.4 Å². The van der Waals surface area contributed by atoms with E-state index >= 15 is 0 Å². The van der Waals surface area contributed by atoms with Crippen LogP contribution < -0.4 is 9.46 Å². The Morgan fingerprint density at radius 2 is 2.08 bits per heavy atom. The molecular weight excluding hydrogens is 356 g/mol. The number of nitrogens with zero attached hydrogens (tertiary/aromatic N) is 3. The van der Waals surface area contributed by atoms with Gasteiger partial charge in [-0.1, -0.05) is 6.07 Å². The molecule has 8 nitrogen and oxygen atoms in total. The van der Waals surface area contributed by atoms with Gasteiger partial charge in [0.15, 0.2) is 0 Å². The second kappa shape index (κ2) is 6.50. The molecule has 0 aliphatic carbocycles. The van der Waals surface area contributed by atoms with Crippen LogP contribution in [0.3, 0.4) is 0 Å². The van der Waals surface area contributed by atoms with Gasteiger partial charge < -0.3 is 4.74 Å². The number of fused-ring (bicyclic) bond motifs is 1. The molecule has 1 heterocycles. The van der Waals surface area contributed by atoms with Gasteiger partial charge in [0.2, 0.25) is 0 Å². The summed E-state index contributed by atoms with van der Waals surface area (Å²) < 4.78 is 33.9. The van der Waals surface area contributed by atoms with Gasteiger partial charge in [-0.05, 0) is 30.3 Å². The van der Waals surface area contributed by atoms with Crippen molar-refractivity contribution in [2.75, 3.05) is 7.11 Å². The lowest BCUT2D eigenvalue weighted by Crippen LogP contribution is -2.31. The molecule has 0 unspecified atom stereocenters. The number of benzene rings is 2. The van der Waals surface area contributed by atoms with Crippen LogP contribution in [0, 0.1) is 11.3 Å². The molecular formula is C17H14N4O4S. The summed E-state index contributed by atoms with van der Waals surface area (Å²) in [5, 5.41) is 13.6. The van der Waals surface area contributed by atoms with Gasteiger partial charge in [-0.25, -0.2) is 13.1 Å². The van der Waals surface area contributed by atoms with Crippen LogP contribution in [0.2, 0.25) is 0 Å². The first-order chi connectivity index (χ1) is 12.4. The van der Waals surface area contributed by atoms with Crippen molar-refractivity contribution in [1.29, 1.82) is 5.26 Å². The number of amides is 1. The molecule has 26 heavy (non-hydrogen) atoms. The van der Waals surface area contributed by atoms with Crippen molar-refractivity contribution in [3.63, 3.8) is 0 Å². The summed E-state index contributed by atoms with van der Waals surface area (Å²) >= 11 is 0. The summed E-state index contributed by atoms with van der Waals surface area (Å²) in [7, 11) is -1.20. The number of aryl methyl sites for hydroxylation is 1. The highest BCUT2D eigenvalue weighted by molar-refractivity contribution is 7.90. The van der Waals surface area contributed by atoms with Gasteiger partial charge in [0, 0.05) is 18.6 Å². The molecule has 132 valence electrons. The van der Waals surface area contributed by atoms with Gasteiger partial charge in [-0.3, -0.25) is 9.48 Å². The molecule has 0 spiro atoms. The van der Waals surface area contributed by atoms with Gasteiger partial charge in [-0.2, -0.15) is 10.4 Å². The van der Waals surface area contributed by atoms with Crippen molar-refractivity contribution >= 4 is 26.8 Å². The van der Waals surface area contributed by atoms with Crippen LogP contribution in [0.5, 0.6) is 5.75 Å². The fourth-order valence-electron chi connectivity index (χ4n) is 2.55. The quantitative estimate of drug-likeness (QED) is 0.746. The van der Waals surface area contributed by atoms with E-state index in [2.05, 4.69) is 5.10 Å². The SMILES string of the molecule is COc1cc(C#N)ccc1S(=O)(=O)NC(=O)c1cccc2nn(C)cc12. The average Bonchev–Trinajstić information content (AvgIpc) is 3.00. The minimum Gasteiger partial charge on any atom is -0.495 e. The number of nitrogens with one attached hydrogen (secondary N) is 1. The molecule has 0 fully saturated rings. The third kappa shape index (κ3) is 3.10. The van der Waals surface area contributed by atoms with Crippen molar-refractivity contribution in [2.24, 2.45) is 7.05 Å². The standard InChI is InChI=1S/C17H14N4O4S/c1-21-10-13-12(4-3-5-14(13)19-21)17(22)20-26(23,24)16-7-6-11(9-18)8-15(16)25-2/h3-8,10H,1-2H3,(H,20,22). The van der Waals surface area contributed by atoms with E-state index in [1.54, 1.807) is 30.1 Å². The molecule has 0 bridgehead atoms. The summed E-state index contributed by atoms with van der Waals surface area (Å²) in [6, 6.07) is 10.6. The average molecular weight is 370 g/mol. The lowest BCUT2D eigenvalue weighted by Gasteiger charge is -2.11. The smallest absolute Gasteiger partial charge is 0.268 e. The third-order valence-corrected chi connectivity index (χ3v) is 5.09. The highest BCUT2D eigenvalue weighted by Crippen LogP contribution is 2.25. The van der Waals surface area contributed by atoms with Crippen LogP contribution in [0.4, 0.5) is 0 Å². The number of nitriles is 1. The zero-order valence-corrected chi connectivity index (χ0v) is 14.7. The minimum absolute atomic E-state index is 0.0241. The van der Waals surface area contributed by atoms with Crippen molar-refractivity contribution in [3.8, 4) is 11.8 Å². The van der Waals surface area contributed by atoms with Gasteiger partial charge in [0.1, 0.15) is 10.6 Å². The number of hydrogen-bond donors (Lipinski definition) is 1. The second-order valence-corrected chi connectivity index (χ2v) is 7.10. The topological polar surface area (TPSA) is 114 Å². The third-order valence-electron chi connectivity index (χ3n) is 3.72. The molecule has 3 rings (SSSR count). The molecule has 0 saturated carbocycles. The van der Waals surface area contributed by atoms with Crippen LogP contribution >= 0.6 is 0 Å². The van der Waals surface area contributed by atoms with Gasteiger partial charge in [0.25, 0.3) is 15.9 Å². The van der Waals surface area contributed by atoms with Gasteiger partial charge in [0.05, 0.1) is 29.8 Å². The number of carbonyl (C=O) groups is 1. The maximum absolute atomic E-state index is 12.6. The van der Waals surface area contributed by atoms with Crippen molar-refractivity contribution in [3.05, 3.63) is 53.7 Å². The monoisotopic (exact) mass is 370 g/mol. The first kappa shape index (κ1) is 17.4. The van der Waals surface area contributed by atoms with Crippen LogP contribution in [0.25, 0.3) is 10.9 Å². The number of aromatic nitrogens is 2. The Balaban J connectivity index is 1.99. The number of hydrogen-bond acceptors (Lipinski definition) is 6. The van der Waals surface area contributed by atoms with Crippen LogP contribution in [-0.2, 0) is 17.1 Å². The maximum atomic E-state index is 12.6.